The van der Waals surface area contributed by atoms with Crippen molar-refractivity contribution in [3.63, 3.8) is 0 Å². The number of hydrogen-bond donors (Lipinski definition) is 1. The Labute approximate surface area is 237 Å². The van der Waals surface area contributed by atoms with Crippen LogP contribution in [0.1, 0.15) is 129 Å². The van der Waals surface area contributed by atoms with Crippen LogP contribution in [0.4, 0.5) is 0 Å². The van der Waals surface area contributed by atoms with Gasteiger partial charge in [-0.1, -0.05) is 70.4 Å². The van der Waals surface area contributed by atoms with Crippen LogP contribution in [0.2, 0.25) is 0 Å². The van der Waals surface area contributed by atoms with E-state index in [1.165, 1.54) is 81.1 Å². The van der Waals surface area contributed by atoms with Gasteiger partial charge in [-0.3, -0.25) is 9.59 Å². The average Bonchev–Trinajstić information content (AvgIpc) is 3.23. The Morgan fingerprint density at radius 3 is 2.21 bits per heavy atom. The molecule has 1 aliphatic heterocycles. The minimum absolute atomic E-state index is 0.0480. The summed E-state index contributed by atoms with van der Waals surface area (Å²) >= 11 is 1.69. The van der Waals surface area contributed by atoms with E-state index in [1.807, 2.05) is 25.9 Å². The van der Waals surface area contributed by atoms with Gasteiger partial charge in [-0.15, -0.1) is 11.3 Å². The molecule has 1 aliphatic rings. The van der Waals surface area contributed by atoms with E-state index in [0.29, 0.717) is 19.5 Å². The van der Waals surface area contributed by atoms with Gasteiger partial charge < -0.3 is 15.1 Å². The molecule has 0 saturated heterocycles. The first-order chi connectivity index (χ1) is 18.4. The summed E-state index contributed by atoms with van der Waals surface area (Å²) < 4.78 is 0. The third kappa shape index (κ3) is 12.5. The van der Waals surface area contributed by atoms with Crippen LogP contribution in [0, 0.1) is 6.92 Å². The SMILES string of the molecule is CCCCCCCC/C=C\CCCCCCCC(=O)N1CCc2c(sc(C)c2C(=O)NCCCN(C)C)C1. The molecule has 5 nitrogen and oxygen atoms in total. The van der Waals surface area contributed by atoms with E-state index in [0.717, 1.165) is 49.2 Å². The maximum atomic E-state index is 12.8. The highest BCUT2D eigenvalue weighted by molar-refractivity contribution is 7.12. The van der Waals surface area contributed by atoms with Crippen molar-refractivity contribution in [3.05, 3.63) is 33.0 Å². The smallest absolute Gasteiger partial charge is 0.252 e. The summed E-state index contributed by atoms with van der Waals surface area (Å²) in [6.07, 6.45) is 23.7. The molecule has 0 unspecified atom stereocenters. The third-order valence-electron chi connectivity index (χ3n) is 7.53. The molecule has 1 aromatic heterocycles. The monoisotopic (exact) mass is 545 g/mol. The number of fused-ring (bicyclic) bond motifs is 1. The normalized spacial score (nSPS) is 13.4. The van der Waals surface area contributed by atoms with Gasteiger partial charge in [0.05, 0.1) is 12.1 Å². The van der Waals surface area contributed by atoms with Crippen molar-refractivity contribution < 1.29 is 9.59 Å². The molecular formula is C32H55N3O2S. The Morgan fingerprint density at radius 2 is 1.55 bits per heavy atom. The van der Waals surface area contributed by atoms with E-state index in [2.05, 4.69) is 29.3 Å². The summed E-state index contributed by atoms with van der Waals surface area (Å²) in [6, 6.07) is 0. The first kappa shape index (κ1) is 32.6. The van der Waals surface area contributed by atoms with Crippen LogP contribution >= 0.6 is 11.3 Å². The van der Waals surface area contributed by atoms with E-state index in [9.17, 15) is 9.59 Å². The number of carbonyl (C=O) groups is 2. The lowest BCUT2D eigenvalue weighted by Gasteiger charge is -2.27. The predicted octanol–water partition coefficient (Wildman–Crippen LogP) is 7.66. The quantitative estimate of drug-likeness (QED) is 0.135. The van der Waals surface area contributed by atoms with Crippen molar-refractivity contribution in [1.29, 1.82) is 0 Å². The number of unbranched alkanes of at least 4 members (excludes halogenated alkanes) is 11. The Balaban J connectivity index is 1.57. The lowest BCUT2D eigenvalue weighted by molar-refractivity contribution is -0.132. The average molecular weight is 546 g/mol. The molecule has 2 heterocycles. The van der Waals surface area contributed by atoms with Crippen LogP contribution in [-0.2, 0) is 17.8 Å². The molecule has 0 aliphatic carbocycles. The second-order valence-corrected chi connectivity index (χ2v) is 12.6. The molecular weight excluding hydrogens is 490 g/mol. The van der Waals surface area contributed by atoms with Gasteiger partial charge in [-0.2, -0.15) is 0 Å². The molecule has 0 radical (unpaired) electrons. The molecule has 216 valence electrons. The van der Waals surface area contributed by atoms with Gasteiger partial charge in [0.1, 0.15) is 0 Å². The molecule has 0 spiro atoms. The number of aryl methyl sites for hydroxylation is 1. The molecule has 0 fully saturated rings. The molecule has 1 aromatic rings. The predicted molar refractivity (Wildman–Crippen MR) is 163 cm³/mol. The molecule has 0 aromatic carbocycles. The first-order valence-corrected chi connectivity index (χ1v) is 16.2. The number of amides is 2. The van der Waals surface area contributed by atoms with Crippen molar-refractivity contribution >= 4 is 23.2 Å². The van der Waals surface area contributed by atoms with Gasteiger partial charge in [0.2, 0.25) is 5.91 Å². The fraction of sp³-hybridized carbons (Fsp3) is 0.750. The zero-order chi connectivity index (χ0) is 27.6. The minimum atomic E-state index is 0.0480. The summed E-state index contributed by atoms with van der Waals surface area (Å²) in [5, 5.41) is 3.09. The van der Waals surface area contributed by atoms with Crippen molar-refractivity contribution in [2.75, 3.05) is 33.7 Å². The Bertz CT molecular complexity index is 846. The van der Waals surface area contributed by atoms with Gasteiger partial charge in [0, 0.05) is 29.3 Å². The summed E-state index contributed by atoms with van der Waals surface area (Å²) in [7, 11) is 4.10. The van der Waals surface area contributed by atoms with E-state index in [-0.39, 0.29) is 11.8 Å². The molecule has 0 bridgehead atoms. The Hall–Kier alpha value is -1.66. The first-order valence-electron chi connectivity index (χ1n) is 15.4. The second-order valence-electron chi connectivity index (χ2n) is 11.2. The van der Waals surface area contributed by atoms with Crippen molar-refractivity contribution in [1.82, 2.24) is 15.1 Å². The topological polar surface area (TPSA) is 52.7 Å². The molecule has 2 rings (SSSR count). The number of carbonyl (C=O) groups excluding carboxylic acids is 2. The van der Waals surface area contributed by atoms with Gasteiger partial charge in [0.25, 0.3) is 5.91 Å². The highest BCUT2D eigenvalue weighted by Gasteiger charge is 2.28. The zero-order valence-corrected chi connectivity index (χ0v) is 25.7. The number of thiophene rings is 1. The molecule has 0 saturated carbocycles. The van der Waals surface area contributed by atoms with Crippen molar-refractivity contribution in [3.8, 4) is 0 Å². The van der Waals surface area contributed by atoms with Gasteiger partial charge >= 0.3 is 0 Å². The standard InChI is InChI=1S/C32H55N3O2S/c1-5-6-7-8-9-10-11-12-13-14-15-16-17-18-19-21-30(36)35-25-22-28-29(26-35)38-27(2)31(28)32(37)33-23-20-24-34(3)4/h12-13H,5-11,14-26H2,1-4H3,(H,33,37)/b13-12-. The number of nitrogens with one attached hydrogen (secondary N) is 1. The maximum Gasteiger partial charge on any atom is 0.252 e. The van der Waals surface area contributed by atoms with Crippen LogP contribution in [0.15, 0.2) is 12.2 Å². The zero-order valence-electron chi connectivity index (χ0n) is 24.9. The number of nitrogens with zero attached hydrogens (tertiary/aromatic N) is 2. The molecule has 6 heteroatoms. The van der Waals surface area contributed by atoms with E-state index >= 15 is 0 Å². The van der Waals surface area contributed by atoms with Crippen LogP contribution in [0.25, 0.3) is 0 Å². The van der Waals surface area contributed by atoms with Gasteiger partial charge in [-0.25, -0.2) is 0 Å². The van der Waals surface area contributed by atoms with Crippen molar-refractivity contribution in [2.24, 2.45) is 0 Å². The van der Waals surface area contributed by atoms with Gasteiger partial charge in [-0.05, 0) is 78.1 Å². The van der Waals surface area contributed by atoms with Crippen molar-refractivity contribution in [2.45, 2.75) is 123 Å². The van der Waals surface area contributed by atoms with Crippen LogP contribution in [0.5, 0.6) is 0 Å². The van der Waals surface area contributed by atoms with Crippen LogP contribution < -0.4 is 5.32 Å². The minimum Gasteiger partial charge on any atom is -0.352 e. The van der Waals surface area contributed by atoms with Gasteiger partial charge in [0.15, 0.2) is 0 Å². The highest BCUT2D eigenvalue weighted by atomic mass is 32.1. The second kappa shape index (κ2) is 19.4. The van der Waals surface area contributed by atoms with E-state index < -0.39 is 0 Å². The van der Waals surface area contributed by atoms with E-state index in [4.69, 9.17) is 0 Å². The highest BCUT2D eigenvalue weighted by Crippen LogP contribution is 2.33. The number of hydrogen-bond acceptors (Lipinski definition) is 4. The summed E-state index contributed by atoms with van der Waals surface area (Å²) in [4.78, 5) is 32.1. The van der Waals surface area contributed by atoms with E-state index in [1.54, 1.807) is 11.3 Å². The van der Waals surface area contributed by atoms with Crippen LogP contribution in [0.3, 0.4) is 0 Å². The summed E-state index contributed by atoms with van der Waals surface area (Å²) in [5.74, 6) is 0.320. The molecule has 38 heavy (non-hydrogen) atoms. The number of rotatable bonds is 20. The number of allylic oxidation sites excluding steroid dienone is 2. The fourth-order valence-electron chi connectivity index (χ4n) is 5.24. The lowest BCUT2D eigenvalue weighted by atomic mass is 10.0. The Kier molecular flexibility index (Phi) is 16.6. The maximum absolute atomic E-state index is 12.8. The molecule has 0 atom stereocenters. The Morgan fingerprint density at radius 1 is 0.921 bits per heavy atom. The summed E-state index contributed by atoms with van der Waals surface area (Å²) in [6.45, 7) is 7.37. The third-order valence-corrected chi connectivity index (χ3v) is 8.66. The largest absolute Gasteiger partial charge is 0.352 e. The summed E-state index contributed by atoms with van der Waals surface area (Å²) in [5.41, 5.74) is 2.03. The van der Waals surface area contributed by atoms with Crippen LogP contribution in [-0.4, -0.2) is 55.3 Å². The fourth-order valence-corrected chi connectivity index (χ4v) is 6.48. The molecule has 2 amide bonds. The lowest BCUT2D eigenvalue weighted by Crippen LogP contribution is -2.36. The molecule has 1 N–H and O–H groups in total.